The number of carbonyl (C=O) groups is 1. The predicted octanol–water partition coefficient (Wildman–Crippen LogP) is 4.01. The molecule has 0 saturated carbocycles. The number of carbonyl (C=O) groups excluding carboxylic acids is 1. The number of nitrogens with one attached hydrogen (secondary N) is 1. The third kappa shape index (κ3) is 5.18. The molecular formula is C18H19Cl2NO4. The lowest BCUT2D eigenvalue weighted by molar-refractivity contribution is -0.123. The van der Waals surface area contributed by atoms with Crippen molar-refractivity contribution in [1.29, 1.82) is 0 Å². The summed E-state index contributed by atoms with van der Waals surface area (Å²) in [6.07, 6.45) is 0. The van der Waals surface area contributed by atoms with Crippen LogP contribution in [-0.2, 0) is 11.3 Å². The summed E-state index contributed by atoms with van der Waals surface area (Å²) in [6, 6.07) is 8.60. The molecule has 2 rings (SSSR count). The Hall–Kier alpha value is -2.11. The molecule has 0 bridgehead atoms. The van der Waals surface area contributed by atoms with Crippen LogP contribution >= 0.6 is 23.2 Å². The zero-order valence-corrected chi connectivity index (χ0v) is 15.7. The highest BCUT2D eigenvalue weighted by molar-refractivity contribution is 6.31. The van der Waals surface area contributed by atoms with Crippen LogP contribution in [0.1, 0.15) is 11.1 Å². The lowest BCUT2D eigenvalue weighted by Crippen LogP contribution is -2.28. The van der Waals surface area contributed by atoms with E-state index >= 15 is 0 Å². The van der Waals surface area contributed by atoms with E-state index in [-0.39, 0.29) is 19.1 Å². The van der Waals surface area contributed by atoms with Crippen molar-refractivity contribution in [2.45, 2.75) is 13.5 Å². The normalized spacial score (nSPS) is 10.3. The third-order valence-corrected chi connectivity index (χ3v) is 4.11. The van der Waals surface area contributed by atoms with Crippen LogP contribution in [0, 0.1) is 6.92 Å². The van der Waals surface area contributed by atoms with E-state index in [2.05, 4.69) is 5.32 Å². The number of hydrogen-bond donors (Lipinski definition) is 1. The Morgan fingerprint density at radius 1 is 1.04 bits per heavy atom. The van der Waals surface area contributed by atoms with Crippen LogP contribution in [-0.4, -0.2) is 26.7 Å². The minimum atomic E-state index is -0.264. The monoisotopic (exact) mass is 383 g/mol. The van der Waals surface area contributed by atoms with Crippen molar-refractivity contribution in [3.8, 4) is 17.2 Å². The van der Waals surface area contributed by atoms with Gasteiger partial charge in [-0.1, -0.05) is 23.2 Å². The van der Waals surface area contributed by atoms with E-state index in [1.54, 1.807) is 30.3 Å². The topological polar surface area (TPSA) is 56.8 Å². The van der Waals surface area contributed by atoms with Gasteiger partial charge in [0.1, 0.15) is 5.75 Å². The second kappa shape index (κ2) is 8.83. The van der Waals surface area contributed by atoms with Gasteiger partial charge in [-0.05, 0) is 42.3 Å². The Balaban J connectivity index is 1.93. The van der Waals surface area contributed by atoms with Crippen LogP contribution in [0.3, 0.4) is 0 Å². The number of benzene rings is 2. The van der Waals surface area contributed by atoms with Crippen molar-refractivity contribution in [1.82, 2.24) is 5.32 Å². The highest BCUT2D eigenvalue weighted by atomic mass is 35.5. The molecule has 0 aromatic heterocycles. The molecule has 0 aliphatic heterocycles. The first-order chi connectivity index (χ1) is 11.9. The molecule has 134 valence electrons. The molecule has 0 saturated heterocycles. The van der Waals surface area contributed by atoms with Crippen molar-refractivity contribution >= 4 is 29.1 Å². The number of ether oxygens (including phenoxy) is 3. The van der Waals surface area contributed by atoms with Crippen molar-refractivity contribution in [2.75, 3.05) is 20.8 Å². The Kier molecular flexibility index (Phi) is 6.79. The highest BCUT2D eigenvalue weighted by Gasteiger charge is 2.11. The van der Waals surface area contributed by atoms with Gasteiger partial charge in [-0.3, -0.25) is 4.79 Å². The van der Waals surface area contributed by atoms with E-state index in [4.69, 9.17) is 37.4 Å². The first-order valence-corrected chi connectivity index (χ1v) is 8.26. The predicted molar refractivity (Wildman–Crippen MR) is 98.1 cm³/mol. The fourth-order valence-electron chi connectivity index (χ4n) is 2.19. The first-order valence-electron chi connectivity index (χ1n) is 7.50. The molecule has 1 amide bonds. The smallest absolute Gasteiger partial charge is 0.258 e. The van der Waals surface area contributed by atoms with E-state index < -0.39 is 0 Å². The lowest BCUT2D eigenvalue weighted by Gasteiger charge is -2.13. The average Bonchev–Trinajstić information content (AvgIpc) is 2.59. The zero-order valence-electron chi connectivity index (χ0n) is 14.2. The Morgan fingerprint density at radius 3 is 2.36 bits per heavy atom. The van der Waals surface area contributed by atoms with Crippen molar-refractivity contribution in [3.63, 3.8) is 0 Å². The molecular weight excluding hydrogens is 365 g/mol. The van der Waals surface area contributed by atoms with Gasteiger partial charge in [0.25, 0.3) is 5.91 Å². The minimum Gasteiger partial charge on any atom is -0.493 e. The third-order valence-electron chi connectivity index (χ3n) is 3.52. The molecule has 1 N–H and O–H groups in total. The largest absolute Gasteiger partial charge is 0.493 e. The summed E-state index contributed by atoms with van der Waals surface area (Å²) in [5, 5.41) is 3.86. The maximum Gasteiger partial charge on any atom is 0.258 e. The first kappa shape index (κ1) is 19.2. The van der Waals surface area contributed by atoms with Gasteiger partial charge in [0.2, 0.25) is 0 Å². The second-order valence-electron chi connectivity index (χ2n) is 5.27. The molecule has 7 heteroatoms. The van der Waals surface area contributed by atoms with Gasteiger partial charge < -0.3 is 19.5 Å². The van der Waals surface area contributed by atoms with Gasteiger partial charge in [0.15, 0.2) is 18.1 Å². The van der Waals surface area contributed by atoms with Crippen molar-refractivity contribution in [3.05, 3.63) is 51.5 Å². The average molecular weight is 384 g/mol. The molecule has 25 heavy (non-hydrogen) atoms. The molecule has 0 radical (unpaired) electrons. The van der Waals surface area contributed by atoms with Gasteiger partial charge in [-0.25, -0.2) is 0 Å². The number of hydrogen-bond acceptors (Lipinski definition) is 4. The number of rotatable bonds is 7. The maximum atomic E-state index is 12.0. The van der Waals surface area contributed by atoms with Crippen LogP contribution in [0.4, 0.5) is 0 Å². The van der Waals surface area contributed by atoms with E-state index in [1.165, 1.54) is 14.2 Å². The quantitative estimate of drug-likeness (QED) is 0.784. The summed E-state index contributed by atoms with van der Waals surface area (Å²) in [4.78, 5) is 12.0. The number of halogens is 2. The molecule has 0 fully saturated rings. The molecule has 0 aliphatic rings. The standard InChI is InChI=1S/C18H19Cl2NO4/c1-11-6-13(19)4-5-15(11)25-10-18(22)21-9-12-7-16(23-2)17(24-3)8-14(12)20/h4-8H,9-10H2,1-3H3,(H,21,22). The summed E-state index contributed by atoms with van der Waals surface area (Å²) in [5.41, 5.74) is 1.58. The maximum absolute atomic E-state index is 12.0. The summed E-state index contributed by atoms with van der Waals surface area (Å²) >= 11 is 12.1. The molecule has 0 unspecified atom stereocenters. The van der Waals surface area contributed by atoms with Gasteiger partial charge >= 0.3 is 0 Å². The SMILES string of the molecule is COc1cc(Cl)c(CNC(=O)COc2ccc(Cl)cc2C)cc1OC. The molecule has 0 spiro atoms. The van der Waals surface area contributed by atoms with E-state index in [0.717, 1.165) is 11.1 Å². The molecule has 2 aromatic rings. The van der Waals surface area contributed by atoms with Crippen LogP contribution in [0.2, 0.25) is 10.0 Å². The zero-order chi connectivity index (χ0) is 18.4. The molecule has 0 heterocycles. The number of methoxy groups -OCH3 is 2. The number of amides is 1. The fourth-order valence-corrected chi connectivity index (χ4v) is 2.64. The van der Waals surface area contributed by atoms with Crippen LogP contribution in [0.15, 0.2) is 30.3 Å². The van der Waals surface area contributed by atoms with Crippen LogP contribution in [0.5, 0.6) is 17.2 Å². The Morgan fingerprint density at radius 2 is 1.72 bits per heavy atom. The van der Waals surface area contributed by atoms with Crippen molar-refractivity contribution in [2.24, 2.45) is 0 Å². The van der Waals surface area contributed by atoms with Gasteiger partial charge in [-0.2, -0.15) is 0 Å². The van der Waals surface area contributed by atoms with Crippen molar-refractivity contribution < 1.29 is 19.0 Å². The Labute approximate surface area is 156 Å². The summed E-state index contributed by atoms with van der Waals surface area (Å²) in [7, 11) is 3.07. The summed E-state index contributed by atoms with van der Waals surface area (Å²) in [5.74, 6) is 1.43. The van der Waals surface area contributed by atoms with Crippen LogP contribution in [0.25, 0.3) is 0 Å². The van der Waals surface area contributed by atoms with E-state index in [1.807, 2.05) is 6.92 Å². The fraction of sp³-hybridized carbons (Fsp3) is 0.278. The van der Waals surface area contributed by atoms with E-state index in [9.17, 15) is 4.79 Å². The Bertz CT molecular complexity index is 765. The number of aryl methyl sites for hydroxylation is 1. The molecule has 2 aromatic carbocycles. The van der Waals surface area contributed by atoms with E-state index in [0.29, 0.717) is 27.3 Å². The molecule has 5 nitrogen and oxygen atoms in total. The molecule has 0 aliphatic carbocycles. The van der Waals surface area contributed by atoms with Gasteiger partial charge in [0, 0.05) is 22.7 Å². The van der Waals surface area contributed by atoms with Gasteiger partial charge in [-0.15, -0.1) is 0 Å². The highest BCUT2D eigenvalue weighted by Crippen LogP contribution is 2.33. The van der Waals surface area contributed by atoms with Crippen LogP contribution < -0.4 is 19.5 Å². The lowest BCUT2D eigenvalue weighted by atomic mass is 10.2. The second-order valence-corrected chi connectivity index (χ2v) is 6.12. The summed E-state index contributed by atoms with van der Waals surface area (Å²) < 4.78 is 15.9. The van der Waals surface area contributed by atoms with Gasteiger partial charge in [0.05, 0.1) is 14.2 Å². The molecule has 0 atom stereocenters. The summed E-state index contributed by atoms with van der Waals surface area (Å²) in [6.45, 7) is 2.01. The minimum absolute atomic E-state index is 0.104.